The highest BCUT2D eigenvalue weighted by Gasteiger charge is 2.17. The largest absolute Gasteiger partial charge is 0.465 e. The number of unbranched alkanes of at least 4 members (excludes halogenated alkanes) is 3. The van der Waals surface area contributed by atoms with Crippen LogP contribution < -0.4 is 4.74 Å². The van der Waals surface area contributed by atoms with Crippen LogP contribution in [0.15, 0.2) is 24.3 Å². The van der Waals surface area contributed by atoms with Gasteiger partial charge in [-0.3, -0.25) is 4.79 Å². The first-order valence-corrected chi connectivity index (χ1v) is 7.16. The lowest BCUT2D eigenvalue weighted by molar-refractivity contribution is -0.131. The highest BCUT2D eigenvalue weighted by atomic mass is 16.5. The summed E-state index contributed by atoms with van der Waals surface area (Å²) in [5.41, 5.74) is 0.971. The van der Waals surface area contributed by atoms with Crippen LogP contribution in [0.3, 0.4) is 0 Å². The third-order valence-electron chi connectivity index (χ3n) is 2.97. The van der Waals surface area contributed by atoms with E-state index >= 15 is 0 Å². The Hall–Kier alpha value is -2.10. The van der Waals surface area contributed by atoms with Gasteiger partial charge in [-0.15, -0.1) is 0 Å². The summed E-state index contributed by atoms with van der Waals surface area (Å²) in [6.45, 7) is 3.45. The second-order valence-electron chi connectivity index (χ2n) is 4.70. The molecule has 0 bridgehead atoms. The first-order chi connectivity index (χ1) is 10.1. The van der Waals surface area contributed by atoms with Crippen molar-refractivity contribution < 1.29 is 19.1 Å². The zero-order chi connectivity index (χ0) is 15.7. The number of ether oxygens (including phenoxy) is 2. The van der Waals surface area contributed by atoms with Gasteiger partial charge in [0.05, 0.1) is 7.11 Å². The first kappa shape index (κ1) is 17.0. The van der Waals surface area contributed by atoms with Gasteiger partial charge in [0.15, 0.2) is 0 Å². The van der Waals surface area contributed by atoms with E-state index in [2.05, 4.69) is 6.92 Å². The average molecular weight is 290 g/mol. The number of allylic oxidation sites excluding steroid dienone is 1. The summed E-state index contributed by atoms with van der Waals surface area (Å²) in [4.78, 5) is 23.1. The van der Waals surface area contributed by atoms with Crippen molar-refractivity contribution in [2.24, 2.45) is 0 Å². The molecule has 0 aliphatic heterocycles. The van der Waals surface area contributed by atoms with Crippen molar-refractivity contribution in [3.63, 3.8) is 0 Å². The Labute approximate surface area is 125 Å². The van der Waals surface area contributed by atoms with Crippen LogP contribution in [0.25, 0.3) is 6.08 Å². The van der Waals surface area contributed by atoms with Crippen LogP contribution in [0.1, 0.15) is 55.5 Å². The van der Waals surface area contributed by atoms with Crippen molar-refractivity contribution >= 4 is 18.0 Å². The summed E-state index contributed by atoms with van der Waals surface area (Å²) in [7, 11) is 1.31. The fourth-order valence-electron chi connectivity index (χ4n) is 1.97. The van der Waals surface area contributed by atoms with Crippen LogP contribution in [0, 0.1) is 0 Å². The number of hydrogen-bond acceptors (Lipinski definition) is 4. The zero-order valence-electron chi connectivity index (χ0n) is 12.8. The van der Waals surface area contributed by atoms with Gasteiger partial charge in [-0.05, 0) is 24.5 Å². The van der Waals surface area contributed by atoms with E-state index in [1.807, 2.05) is 12.2 Å². The second kappa shape index (κ2) is 8.95. The molecule has 0 heterocycles. The molecule has 0 radical (unpaired) electrons. The molecule has 0 amide bonds. The monoisotopic (exact) mass is 290 g/mol. The molecule has 0 atom stereocenters. The van der Waals surface area contributed by atoms with Gasteiger partial charge >= 0.3 is 11.9 Å². The van der Waals surface area contributed by atoms with Crippen LogP contribution in [0.2, 0.25) is 0 Å². The highest BCUT2D eigenvalue weighted by Crippen LogP contribution is 2.25. The quantitative estimate of drug-likeness (QED) is 0.433. The number of carbonyl (C=O) groups is 2. The van der Waals surface area contributed by atoms with Crippen molar-refractivity contribution in [3.8, 4) is 5.75 Å². The maximum absolute atomic E-state index is 11.9. The second-order valence-corrected chi connectivity index (χ2v) is 4.70. The van der Waals surface area contributed by atoms with Gasteiger partial charge in [-0.25, -0.2) is 4.79 Å². The molecule has 0 fully saturated rings. The molecule has 21 heavy (non-hydrogen) atoms. The van der Waals surface area contributed by atoms with Gasteiger partial charge in [0.2, 0.25) is 0 Å². The summed E-state index contributed by atoms with van der Waals surface area (Å²) >= 11 is 0. The molecule has 1 aromatic carbocycles. The van der Waals surface area contributed by atoms with Crippen LogP contribution in [0.5, 0.6) is 5.75 Å². The fourth-order valence-corrected chi connectivity index (χ4v) is 1.97. The summed E-state index contributed by atoms with van der Waals surface area (Å²) < 4.78 is 9.86. The molecule has 4 heteroatoms. The predicted octanol–water partition coefficient (Wildman–Crippen LogP) is 3.99. The molecule has 0 aliphatic rings. The third-order valence-corrected chi connectivity index (χ3v) is 2.97. The van der Waals surface area contributed by atoms with Gasteiger partial charge in [-0.2, -0.15) is 0 Å². The number of methoxy groups -OCH3 is 1. The molecule has 0 unspecified atom stereocenters. The van der Waals surface area contributed by atoms with E-state index in [-0.39, 0.29) is 11.3 Å². The Kier molecular flexibility index (Phi) is 7.23. The summed E-state index contributed by atoms with van der Waals surface area (Å²) in [6, 6.07) is 5.13. The van der Waals surface area contributed by atoms with E-state index in [0.717, 1.165) is 12.8 Å². The Morgan fingerprint density at radius 1 is 1.24 bits per heavy atom. The van der Waals surface area contributed by atoms with Crippen molar-refractivity contribution in [1.29, 1.82) is 0 Å². The van der Waals surface area contributed by atoms with Crippen molar-refractivity contribution in [1.82, 2.24) is 0 Å². The van der Waals surface area contributed by atoms with Crippen molar-refractivity contribution in [2.75, 3.05) is 7.11 Å². The number of esters is 2. The van der Waals surface area contributed by atoms with Gasteiger partial charge in [0.25, 0.3) is 0 Å². The number of carbonyl (C=O) groups excluding carboxylic acids is 2. The molecule has 0 spiro atoms. The lowest BCUT2D eigenvalue weighted by atomic mass is 10.0. The van der Waals surface area contributed by atoms with Crippen LogP contribution in [-0.2, 0) is 9.53 Å². The minimum absolute atomic E-state index is 0.227. The van der Waals surface area contributed by atoms with Gasteiger partial charge in [0, 0.05) is 6.92 Å². The van der Waals surface area contributed by atoms with Crippen molar-refractivity contribution in [2.45, 2.75) is 39.5 Å². The standard InChI is InChI=1S/C17H22O4/c1-4-5-6-7-8-10-14-11-9-12-15(21-13(2)18)16(14)17(19)20-3/h8-12H,4-7H2,1-3H3/b10-8+. The smallest absolute Gasteiger partial charge is 0.342 e. The fraction of sp³-hybridized carbons (Fsp3) is 0.412. The van der Waals surface area contributed by atoms with Crippen LogP contribution >= 0.6 is 0 Å². The number of benzene rings is 1. The molecule has 4 nitrogen and oxygen atoms in total. The molecule has 114 valence electrons. The van der Waals surface area contributed by atoms with E-state index in [0.29, 0.717) is 5.56 Å². The van der Waals surface area contributed by atoms with E-state index in [4.69, 9.17) is 9.47 Å². The highest BCUT2D eigenvalue weighted by molar-refractivity contribution is 5.97. The van der Waals surface area contributed by atoms with E-state index in [9.17, 15) is 9.59 Å². The lowest BCUT2D eigenvalue weighted by Gasteiger charge is -2.10. The Morgan fingerprint density at radius 2 is 2.00 bits per heavy atom. The van der Waals surface area contributed by atoms with E-state index in [1.165, 1.54) is 26.9 Å². The predicted molar refractivity (Wildman–Crippen MR) is 82.3 cm³/mol. The van der Waals surface area contributed by atoms with Crippen LogP contribution in [-0.4, -0.2) is 19.0 Å². The summed E-state index contributed by atoms with van der Waals surface area (Å²) in [5, 5.41) is 0. The molecular weight excluding hydrogens is 268 g/mol. The SMILES string of the molecule is CCCCC/C=C/c1cccc(OC(C)=O)c1C(=O)OC. The molecular formula is C17H22O4. The Morgan fingerprint density at radius 3 is 2.62 bits per heavy atom. The molecule has 0 N–H and O–H groups in total. The van der Waals surface area contributed by atoms with Gasteiger partial charge in [0.1, 0.15) is 11.3 Å². The van der Waals surface area contributed by atoms with Gasteiger partial charge in [-0.1, -0.05) is 44.1 Å². The maximum atomic E-state index is 11.9. The summed E-state index contributed by atoms with van der Waals surface area (Å²) in [6.07, 6.45) is 8.31. The van der Waals surface area contributed by atoms with Crippen LogP contribution in [0.4, 0.5) is 0 Å². The van der Waals surface area contributed by atoms with E-state index in [1.54, 1.807) is 18.2 Å². The normalized spacial score (nSPS) is 10.6. The molecule has 0 saturated carbocycles. The minimum atomic E-state index is -0.514. The molecule has 0 aromatic heterocycles. The number of rotatable bonds is 7. The zero-order valence-corrected chi connectivity index (χ0v) is 12.8. The van der Waals surface area contributed by atoms with E-state index < -0.39 is 11.9 Å². The minimum Gasteiger partial charge on any atom is -0.465 e. The Bertz CT molecular complexity index is 518. The molecule has 1 rings (SSSR count). The van der Waals surface area contributed by atoms with Gasteiger partial charge < -0.3 is 9.47 Å². The molecule has 0 aliphatic carbocycles. The lowest BCUT2D eigenvalue weighted by Crippen LogP contribution is -2.10. The topological polar surface area (TPSA) is 52.6 Å². The molecule has 1 aromatic rings. The maximum Gasteiger partial charge on any atom is 0.342 e. The third kappa shape index (κ3) is 5.42. The van der Waals surface area contributed by atoms with Crippen molar-refractivity contribution in [3.05, 3.63) is 35.4 Å². The summed E-state index contributed by atoms with van der Waals surface area (Å²) in [5.74, 6) is -0.755. The molecule has 0 saturated heterocycles. The number of hydrogen-bond donors (Lipinski definition) is 0. The average Bonchev–Trinajstić information content (AvgIpc) is 2.46. The first-order valence-electron chi connectivity index (χ1n) is 7.16. The Balaban J connectivity index is 3.01.